The molecule has 0 spiro atoms. The maximum atomic E-state index is 11.7. The van der Waals surface area contributed by atoms with Gasteiger partial charge in [-0.15, -0.1) is 0 Å². The van der Waals surface area contributed by atoms with Gasteiger partial charge in [0.05, 0.1) is 5.75 Å². The van der Waals surface area contributed by atoms with Crippen molar-refractivity contribution in [1.82, 2.24) is 0 Å². The highest BCUT2D eigenvalue weighted by Crippen LogP contribution is 2.36. The minimum absolute atomic E-state index is 0.196. The standard InChI is InChI=1S/C8H14N2O4S2/c1-2-16(13,14)7(10-9)8(15(11)12)5-3-4-6-8/h2-6H2,1H3,(H,11,12)/p-1. The van der Waals surface area contributed by atoms with Crippen molar-refractivity contribution in [1.29, 1.82) is 0 Å². The molecular formula is C8H13N2O4S2-. The highest BCUT2D eigenvalue weighted by Gasteiger charge is 2.52. The topological polar surface area (TPSA) is 111 Å². The van der Waals surface area contributed by atoms with Crippen LogP contribution in [0.5, 0.6) is 0 Å². The van der Waals surface area contributed by atoms with Gasteiger partial charge in [-0.1, -0.05) is 19.8 Å². The van der Waals surface area contributed by atoms with Gasteiger partial charge in [0.1, 0.15) is 4.75 Å². The summed E-state index contributed by atoms with van der Waals surface area (Å²) in [5.41, 5.74) is 8.80. The van der Waals surface area contributed by atoms with Gasteiger partial charge < -0.3 is 10.1 Å². The molecule has 1 unspecified atom stereocenters. The Balaban J connectivity index is 3.33. The molecule has 1 atom stereocenters. The molecule has 1 rings (SSSR count). The van der Waals surface area contributed by atoms with E-state index in [-0.39, 0.29) is 18.6 Å². The molecule has 0 aromatic heterocycles. The van der Waals surface area contributed by atoms with E-state index >= 15 is 0 Å². The molecule has 8 heteroatoms. The van der Waals surface area contributed by atoms with Crippen molar-refractivity contribution in [3.63, 3.8) is 0 Å². The predicted molar refractivity (Wildman–Crippen MR) is 58.2 cm³/mol. The lowest BCUT2D eigenvalue weighted by Crippen LogP contribution is -2.45. The van der Waals surface area contributed by atoms with Crippen LogP contribution in [0.4, 0.5) is 0 Å². The van der Waals surface area contributed by atoms with Crippen LogP contribution in [-0.4, -0.2) is 37.5 Å². The van der Waals surface area contributed by atoms with Gasteiger partial charge in [0, 0.05) is 0 Å². The molecule has 1 aliphatic rings. The molecule has 0 aliphatic heterocycles. The molecule has 1 saturated carbocycles. The zero-order chi connectivity index (χ0) is 12.4. The lowest BCUT2D eigenvalue weighted by Gasteiger charge is -2.25. The third kappa shape index (κ3) is 2.10. The van der Waals surface area contributed by atoms with Crippen LogP contribution in [0.2, 0.25) is 0 Å². The van der Waals surface area contributed by atoms with Crippen molar-refractivity contribution >= 4 is 26.0 Å². The van der Waals surface area contributed by atoms with Crippen molar-refractivity contribution in [2.75, 3.05) is 5.75 Å². The first-order valence-corrected chi connectivity index (χ1v) is 7.68. The molecule has 92 valence electrons. The Morgan fingerprint density at radius 3 is 2.31 bits per heavy atom. The number of nitrogens with zero attached hydrogens (tertiary/aromatic N) is 2. The molecule has 0 saturated heterocycles. The lowest BCUT2D eigenvalue weighted by molar-refractivity contribution is -0.00616. The fourth-order valence-electron chi connectivity index (χ4n) is 1.97. The van der Waals surface area contributed by atoms with Crippen molar-refractivity contribution in [2.45, 2.75) is 37.4 Å². The first-order valence-electron chi connectivity index (χ1n) is 4.95. The average Bonchev–Trinajstić information content (AvgIpc) is 2.69. The fraction of sp³-hybridized carbons (Fsp3) is 0.875. The van der Waals surface area contributed by atoms with Crippen LogP contribution in [-0.2, 0) is 20.9 Å². The van der Waals surface area contributed by atoms with Gasteiger partial charge in [-0.2, -0.15) is 4.79 Å². The summed E-state index contributed by atoms with van der Waals surface area (Å²) in [6.07, 6.45) is 1.63. The van der Waals surface area contributed by atoms with Gasteiger partial charge in [-0.05, 0) is 23.9 Å². The first kappa shape index (κ1) is 13.5. The van der Waals surface area contributed by atoms with Crippen LogP contribution in [0, 0.1) is 0 Å². The first-order chi connectivity index (χ1) is 7.40. The summed E-state index contributed by atoms with van der Waals surface area (Å²) in [7, 11) is -3.79. The summed E-state index contributed by atoms with van der Waals surface area (Å²) in [5.74, 6) is -0.272. The van der Waals surface area contributed by atoms with Crippen molar-refractivity contribution in [3.8, 4) is 0 Å². The minimum atomic E-state index is -3.79. The Kier molecular flexibility index (Phi) is 4.01. The summed E-state index contributed by atoms with van der Waals surface area (Å²) in [5, 5.41) is -0.603. The van der Waals surface area contributed by atoms with E-state index < -0.39 is 30.7 Å². The highest BCUT2D eigenvalue weighted by atomic mass is 32.2. The highest BCUT2D eigenvalue weighted by molar-refractivity contribution is 8.07. The summed E-state index contributed by atoms with van der Waals surface area (Å²) >= 11 is -2.60. The monoisotopic (exact) mass is 265 g/mol. The maximum Gasteiger partial charge on any atom is 0.398 e. The third-order valence-corrected chi connectivity index (χ3v) is 6.08. The molecule has 0 aromatic carbocycles. The fourth-order valence-corrected chi connectivity index (χ4v) is 4.53. The average molecular weight is 265 g/mol. The van der Waals surface area contributed by atoms with Gasteiger partial charge in [-0.25, -0.2) is 8.42 Å². The lowest BCUT2D eigenvalue weighted by atomic mass is 10.1. The Hall–Kier alpha value is -0.560. The zero-order valence-corrected chi connectivity index (χ0v) is 10.5. The number of sulfone groups is 1. The predicted octanol–water partition coefficient (Wildman–Crippen LogP) is 0.241. The molecule has 1 aliphatic carbocycles. The van der Waals surface area contributed by atoms with Crippen molar-refractivity contribution in [3.05, 3.63) is 5.53 Å². The smallest absolute Gasteiger partial charge is 0.398 e. The largest absolute Gasteiger partial charge is 0.771 e. The van der Waals surface area contributed by atoms with Crippen LogP contribution in [0.1, 0.15) is 32.6 Å². The Morgan fingerprint density at radius 1 is 1.50 bits per heavy atom. The van der Waals surface area contributed by atoms with E-state index in [1.165, 1.54) is 6.92 Å². The van der Waals surface area contributed by atoms with Gasteiger partial charge in [0.2, 0.25) is 0 Å². The maximum absolute atomic E-state index is 11.7. The molecule has 16 heavy (non-hydrogen) atoms. The molecule has 6 nitrogen and oxygen atoms in total. The van der Waals surface area contributed by atoms with E-state index in [1.54, 1.807) is 0 Å². The second kappa shape index (κ2) is 4.75. The second-order valence-electron chi connectivity index (χ2n) is 3.74. The number of hydrogen-bond acceptors (Lipinski definition) is 4. The van der Waals surface area contributed by atoms with Gasteiger partial charge >= 0.3 is 5.04 Å². The number of rotatable bonds is 3. The molecule has 0 bridgehead atoms. The molecule has 0 N–H and O–H groups in total. The Labute approximate surface area is 96.9 Å². The van der Waals surface area contributed by atoms with Crippen molar-refractivity contribution < 1.29 is 22.0 Å². The Morgan fingerprint density at radius 2 is 2.00 bits per heavy atom. The third-order valence-electron chi connectivity index (χ3n) is 2.89. The SMILES string of the molecule is CCS(=O)(=O)C(=[N+]=[N-])C1(S(=O)[O-])CCCC1. The van der Waals surface area contributed by atoms with Gasteiger partial charge in [0.25, 0.3) is 9.84 Å². The van der Waals surface area contributed by atoms with Gasteiger partial charge in [-0.3, -0.25) is 4.21 Å². The molecule has 0 heterocycles. The molecule has 1 fully saturated rings. The van der Waals surface area contributed by atoms with E-state index in [0.717, 1.165) is 0 Å². The normalized spacial score (nSPS) is 21.4. The van der Waals surface area contributed by atoms with Crippen LogP contribution in [0.25, 0.3) is 5.53 Å². The summed E-state index contributed by atoms with van der Waals surface area (Å²) in [6, 6.07) is 0. The van der Waals surface area contributed by atoms with Crippen LogP contribution in [0.15, 0.2) is 0 Å². The van der Waals surface area contributed by atoms with E-state index in [2.05, 4.69) is 4.79 Å². The summed E-state index contributed by atoms with van der Waals surface area (Å²) in [4.78, 5) is 2.74. The van der Waals surface area contributed by atoms with E-state index in [1.807, 2.05) is 0 Å². The molecular weight excluding hydrogens is 252 g/mol. The van der Waals surface area contributed by atoms with E-state index in [9.17, 15) is 17.2 Å². The Bertz CT molecular complexity index is 445. The number of hydrogen-bond donors (Lipinski definition) is 0. The quantitative estimate of drug-likeness (QED) is 0.239. The van der Waals surface area contributed by atoms with E-state index in [4.69, 9.17) is 5.53 Å². The molecule has 0 aromatic rings. The minimum Gasteiger partial charge on any atom is -0.771 e. The molecule has 0 radical (unpaired) electrons. The molecule has 0 amide bonds. The zero-order valence-electron chi connectivity index (χ0n) is 8.88. The van der Waals surface area contributed by atoms with Crippen molar-refractivity contribution in [2.24, 2.45) is 0 Å². The summed E-state index contributed by atoms with van der Waals surface area (Å²) < 4.78 is 44.3. The van der Waals surface area contributed by atoms with E-state index in [0.29, 0.717) is 12.8 Å². The van der Waals surface area contributed by atoms with Crippen LogP contribution in [0.3, 0.4) is 0 Å². The van der Waals surface area contributed by atoms with Crippen LogP contribution < -0.4 is 0 Å². The van der Waals surface area contributed by atoms with Crippen LogP contribution >= 0.6 is 0 Å². The summed E-state index contributed by atoms with van der Waals surface area (Å²) in [6.45, 7) is 1.39. The second-order valence-corrected chi connectivity index (χ2v) is 7.19. The van der Waals surface area contributed by atoms with Gasteiger partial charge in [0.15, 0.2) is 0 Å².